The molecule has 0 fully saturated rings. The molecule has 98 valence electrons. The minimum Gasteiger partial charge on any atom is -0.488 e. The molecule has 0 saturated carbocycles. The van der Waals surface area contributed by atoms with Crippen molar-refractivity contribution in [1.82, 2.24) is 0 Å². The number of primary amides is 1. The highest BCUT2D eigenvalue weighted by Gasteiger charge is 2.04. The molecule has 1 amide bonds. The predicted octanol–water partition coefficient (Wildman–Crippen LogP) is 2.81. The Morgan fingerprint density at radius 3 is 2.67 bits per heavy atom. The first-order chi connectivity index (χ1) is 8.74. The molecular formula is C15H21NO2. The second-order valence-electron chi connectivity index (χ2n) is 4.16. The fraction of sp³-hybridized carbons (Fsp3) is 0.400. The Kier molecular flexibility index (Phi) is 6.62. The summed E-state index contributed by atoms with van der Waals surface area (Å²) in [5.74, 6) is -0.187. The lowest BCUT2D eigenvalue weighted by Gasteiger charge is -2.07. The monoisotopic (exact) mass is 247 g/mol. The van der Waals surface area contributed by atoms with Crippen LogP contribution in [-0.4, -0.2) is 12.5 Å². The van der Waals surface area contributed by atoms with E-state index in [-0.39, 0.29) is 0 Å². The number of allylic oxidation sites excluding steroid dienone is 1. The summed E-state index contributed by atoms with van der Waals surface area (Å²) in [5.41, 5.74) is 6.52. The molecule has 0 aliphatic carbocycles. The molecule has 0 heterocycles. The minimum absolute atomic E-state index is 0.296. The van der Waals surface area contributed by atoms with E-state index in [4.69, 9.17) is 10.5 Å². The van der Waals surface area contributed by atoms with Crippen molar-refractivity contribution in [3.05, 3.63) is 47.7 Å². The third-order valence-electron chi connectivity index (χ3n) is 2.57. The molecule has 0 aromatic heterocycles. The maximum absolute atomic E-state index is 11.1. The molecule has 0 bridgehead atoms. The molecule has 0 spiro atoms. The molecule has 1 aromatic carbocycles. The lowest BCUT2D eigenvalue weighted by molar-refractivity contribution is -0.117. The molecule has 3 nitrogen and oxygen atoms in total. The first kappa shape index (κ1) is 14.3. The minimum atomic E-state index is -0.483. The number of carbonyl (C=O) groups excluding carboxylic acids is 1. The highest BCUT2D eigenvalue weighted by atomic mass is 16.5. The van der Waals surface area contributed by atoms with Crippen LogP contribution >= 0.6 is 0 Å². The second-order valence-corrected chi connectivity index (χ2v) is 4.16. The van der Waals surface area contributed by atoms with Crippen LogP contribution in [0.5, 0.6) is 0 Å². The number of ether oxygens (including phenoxy) is 1. The van der Waals surface area contributed by atoms with E-state index >= 15 is 0 Å². The van der Waals surface area contributed by atoms with Gasteiger partial charge in [0.15, 0.2) is 5.76 Å². The van der Waals surface area contributed by atoms with Gasteiger partial charge in [0.2, 0.25) is 0 Å². The zero-order valence-electron chi connectivity index (χ0n) is 10.9. The number of carbonyl (C=O) groups is 1. The lowest BCUT2D eigenvalue weighted by Crippen LogP contribution is -2.17. The van der Waals surface area contributed by atoms with E-state index in [0.717, 1.165) is 25.7 Å². The van der Waals surface area contributed by atoms with Gasteiger partial charge in [-0.1, -0.05) is 43.7 Å². The van der Waals surface area contributed by atoms with Crippen LogP contribution < -0.4 is 5.73 Å². The Morgan fingerprint density at radius 1 is 1.33 bits per heavy atom. The quantitative estimate of drug-likeness (QED) is 0.436. The summed E-state index contributed by atoms with van der Waals surface area (Å²) >= 11 is 0. The number of hydrogen-bond donors (Lipinski definition) is 1. The topological polar surface area (TPSA) is 52.3 Å². The van der Waals surface area contributed by atoms with Gasteiger partial charge in [0.05, 0.1) is 6.61 Å². The zero-order chi connectivity index (χ0) is 13.2. The molecule has 0 aliphatic heterocycles. The Balaban J connectivity index is 2.29. The molecule has 0 radical (unpaired) electrons. The van der Waals surface area contributed by atoms with Gasteiger partial charge < -0.3 is 10.5 Å². The third-order valence-corrected chi connectivity index (χ3v) is 2.57. The summed E-state index contributed by atoms with van der Waals surface area (Å²) in [7, 11) is 0. The number of nitrogens with two attached hydrogens (primary N) is 1. The molecule has 2 N–H and O–H groups in total. The van der Waals surface area contributed by atoms with Crippen molar-refractivity contribution < 1.29 is 9.53 Å². The predicted molar refractivity (Wildman–Crippen MR) is 72.9 cm³/mol. The van der Waals surface area contributed by atoms with Crippen molar-refractivity contribution in [3.8, 4) is 0 Å². The van der Waals surface area contributed by atoms with E-state index in [2.05, 4.69) is 12.1 Å². The summed E-state index contributed by atoms with van der Waals surface area (Å²) < 4.78 is 5.41. The maximum atomic E-state index is 11.1. The van der Waals surface area contributed by atoms with Gasteiger partial charge in [-0.3, -0.25) is 4.79 Å². The summed E-state index contributed by atoms with van der Waals surface area (Å²) in [6, 6.07) is 10.2. The Labute approximate surface area is 109 Å². The molecule has 1 aromatic rings. The van der Waals surface area contributed by atoms with E-state index in [0.29, 0.717) is 12.4 Å². The molecule has 0 aliphatic rings. The number of benzene rings is 1. The van der Waals surface area contributed by atoms with E-state index in [1.54, 1.807) is 6.08 Å². The van der Waals surface area contributed by atoms with Crippen molar-refractivity contribution in [2.75, 3.05) is 6.61 Å². The smallest absolute Gasteiger partial charge is 0.283 e. The van der Waals surface area contributed by atoms with E-state index in [1.807, 2.05) is 25.1 Å². The maximum Gasteiger partial charge on any atom is 0.283 e. The zero-order valence-corrected chi connectivity index (χ0v) is 10.9. The molecular weight excluding hydrogens is 226 g/mol. The number of aryl methyl sites for hydroxylation is 1. The van der Waals surface area contributed by atoms with Gasteiger partial charge in [0.1, 0.15) is 0 Å². The molecule has 0 atom stereocenters. The van der Waals surface area contributed by atoms with Gasteiger partial charge in [0, 0.05) is 0 Å². The first-order valence-electron chi connectivity index (χ1n) is 6.40. The second kappa shape index (κ2) is 8.34. The van der Waals surface area contributed by atoms with Crippen molar-refractivity contribution >= 4 is 5.91 Å². The average molecular weight is 247 g/mol. The van der Waals surface area contributed by atoms with Crippen LogP contribution in [0.3, 0.4) is 0 Å². The number of unbranched alkanes of at least 4 members (excludes halogenated alkanes) is 1. The highest BCUT2D eigenvalue weighted by molar-refractivity contribution is 5.89. The first-order valence-corrected chi connectivity index (χ1v) is 6.40. The van der Waals surface area contributed by atoms with E-state index < -0.39 is 5.91 Å². The Morgan fingerprint density at radius 2 is 2.06 bits per heavy atom. The molecule has 0 unspecified atom stereocenters. The van der Waals surface area contributed by atoms with E-state index in [9.17, 15) is 4.79 Å². The molecule has 18 heavy (non-hydrogen) atoms. The normalized spacial score (nSPS) is 11.3. The van der Waals surface area contributed by atoms with Gasteiger partial charge in [-0.2, -0.15) is 0 Å². The molecule has 3 heteroatoms. The van der Waals surface area contributed by atoms with E-state index in [1.165, 1.54) is 5.56 Å². The van der Waals surface area contributed by atoms with Crippen LogP contribution in [0.25, 0.3) is 0 Å². The summed E-state index contributed by atoms with van der Waals surface area (Å²) in [5, 5.41) is 0. The average Bonchev–Trinajstić information content (AvgIpc) is 2.38. The van der Waals surface area contributed by atoms with Crippen LogP contribution in [0, 0.1) is 0 Å². The van der Waals surface area contributed by atoms with Gasteiger partial charge in [-0.15, -0.1) is 0 Å². The van der Waals surface area contributed by atoms with Gasteiger partial charge >= 0.3 is 0 Å². The number of amides is 1. The third kappa shape index (κ3) is 5.53. The van der Waals surface area contributed by atoms with Gasteiger partial charge in [0.25, 0.3) is 5.91 Å². The fourth-order valence-electron chi connectivity index (χ4n) is 1.61. The lowest BCUT2D eigenvalue weighted by atomic mass is 10.1. The SMILES string of the molecule is CCCC=C(OCCCc1ccccc1)C(N)=O. The molecule has 1 rings (SSSR count). The van der Waals surface area contributed by atoms with Crippen LogP contribution in [0.1, 0.15) is 31.7 Å². The number of rotatable bonds is 8. The Hall–Kier alpha value is -1.77. The van der Waals surface area contributed by atoms with Crippen molar-refractivity contribution in [2.45, 2.75) is 32.6 Å². The van der Waals surface area contributed by atoms with Crippen molar-refractivity contribution in [3.63, 3.8) is 0 Å². The largest absolute Gasteiger partial charge is 0.488 e. The highest BCUT2D eigenvalue weighted by Crippen LogP contribution is 2.05. The van der Waals surface area contributed by atoms with Crippen molar-refractivity contribution in [2.24, 2.45) is 5.73 Å². The summed E-state index contributed by atoms with van der Waals surface area (Å²) in [6.07, 6.45) is 5.38. The number of hydrogen-bond acceptors (Lipinski definition) is 2. The fourth-order valence-corrected chi connectivity index (χ4v) is 1.61. The standard InChI is InChI=1S/C15H21NO2/c1-2-3-11-14(15(16)17)18-12-7-10-13-8-5-4-6-9-13/h4-6,8-9,11H,2-3,7,10,12H2,1H3,(H2,16,17). The van der Waals surface area contributed by atoms with Gasteiger partial charge in [-0.05, 0) is 30.9 Å². The van der Waals surface area contributed by atoms with Crippen LogP contribution in [-0.2, 0) is 16.0 Å². The van der Waals surface area contributed by atoms with Crippen molar-refractivity contribution in [1.29, 1.82) is 0 Å². The summed E-state index contributed by atoms with van der Waals surface area (Å²) in [4.78, 5) is 11.1. The summed E-state index contributed by atoms with van der Waals surface area (Å²) in [6.45, 7) is 2.57. The van der Waals surface area contributed by atoms with Crippen LogP contribution in [0.2, 0.25) is 0 Å². The van der Waals surface area contributed by atoms with Crippen LogP contribution in [0.4, 0.5) is 0 Å². The van der Waals surface area contributed by atoms with Gasteiger partial charge in [-0.25, -0.2) is 0 Å². The Bertz CT molecular complexity index is 385. The van der Waals surface area contributed by atoms with Crippen LogP contribution in [0.15, 0.2) is 42.2 Å². The molecule has 0 saturated heterocycles.